The van der Waals surface area contributed by atoms with Crippen LogP contribution in [0.15, 0.2) is 0 Å². The van der Waals surface area contributed by atoms with Crippen molar-refractivity contribution in [2.45, 2.75) is 19.9 Å². The molecule has 1 aliphatic heterocycles. The smallest absolute Gasteiger partial charge is 0.239 e. The predicted octanol–water partition coefficient (Wildman–Crippen LogP) is -1.83. The van der Waals surface area contributed by atoms with Crippen LogP contribution in [0.3, 0.4) is 0 Å². The van der Waals surface area contributed by atoms with Gasteiger partial charge in [-0.3, -0.25) is 4.79 Å². The third-order valence-electron chi connectivity index (χ3n) is 3.87. The van der Waals surface area contributed by atoms with Gasteiger partial charge in [-0.15, -0.1) is 0 Å². The van der Waals surface area contributed by atoms with E-state index in [1.54, 1.807) is 0 Å². The molecule has 1 rings (SSSR count). The van der Waals surface area contributed by atoms with Gasteiger partial charge in [0.1, 0.15) is 0 Å². The van der Waals surface area contributed by atoms with Gasteiger partial charge in [-0.25, -0.2) is 0 Å². The number of nitrogens with one attached hydrogen (secondary N) is 4. The van der Waals surface area contributed by atoms with Gasteiger partial charge >= 0.3 is 0 Å². The number of rotatable bonds is 2. The predicted molar refractivity (Wildman–Crippen MR) is 90.9 cm³/mol. The molecule has 22 heavy (non-hydrogen) atoms. The Morgan fingerprint density at radius 2 is 1.18 bits per heavy atom. The number of amides is 1. The van der Waals surface area contributed by atoms with Crippen LogP contribution in [0.1, 0.15) is 13.8 Å². The van der Waals surface area contributed by atoms with Gasteiger partial charge in [0.25, 0.3) is 0 Å². The summed E-state index contributed by atoms with van der Waals surface area (Å²) < 4.78 is 0. The van der Waals surface area contributed by atoms with Gasteiger partial charge in [0, 0.05) is 65.4 Å². The normalized spacial score (nSPS) is 21.9. The van der Waals surface area contributed by atoms with E-state index in [1.165, 1.54) is 0 Å². The molecule has 7 nitrogen and oxygen atoms in total. The first-order chi connectivity index (χ1) is 10.6. The molecule has 1 atom stereocenters. The highest BCUT2D eigenvalue weighted by Gasteiger charge is 2.22. The van der Waals surface area contributed by atoms with E-state index < -0.39 is 6.04 Å². The molecule has 130 valence electrons. The Balaban J connectivity index is 2.47. The van der Waals surface area contributed by atoms with Crippen molar-refractivity contribution >= 4 is 5.91 Å². The summed E-state index contributed by atoms with van der Waals surface area (Å²) in [5.41, 5.74) is 6.02. The lowest BCUT2D eigenvalue weighted by molar-refractivity contribution is -0.133. The van der Waals surface area contributed by atoms with Crippen molar-refractivity contribution < 1.29 is 4.79 Å². The lowest BCUT2D eigenvalue weighted by Crippen LogP contribution is -2.50. The van der Waals surface area contributed by atoms with E-state index in [-0.39, 0.29) is 11.8 Å². The topological polar surface area (TPSA) is 94.5 Å². The van der Waals surface area contributed by atoms with Gasteiger partial charge in [0.05, 0.1) is 6.04 Å². The van der Waals surface area contributed by atoms with Crippen LogP contribution in [-0.4, -0.2) is 82.3 Å². The number of nitrogens with two attached hydrogens (primary N) is 1. The van der Waals surface area contributed by atoms with Gasteiger partial charge in [-0.2, -0.15) is 0 Å². The van der Waals surface area contributed by atoms with Crippen LogP contribution in [0.5, 0.6) is 0 Å². The summed E-state index contributed by atoms with van der Waals surface area (Å²) in [6.07, 6.45) is 0. The SMILES string of the molecule is CC(C)[C@H](N)C(=O)N1CCNCCNCCNCCNCC1. The van der Waals surface area contributed by atoms with Gasteiger partial charge in [-0.05, 0) is 5.92 Å². The summed E-state index contributed by atoms with van der Waals surface area (Å²) >= 11 is 0. The number of hydrogen-bond donors (Lipinski definition) is 5. The Morgan fingerprint density at radius 1 is 0.818 bits per heavy atom. The lowest BCUT2D eigenvalue weighted by Gasteiger charge is -2.27. The van der Waals surface area contributed by atoms with E-state index in [0.29, 0.717) is 13.1 Å². The molecule has 0 spiro atoms. The first-order valence-corrected chi connectivity index (χ1v) is 8.50. The largest absolute Gasteiger partial charge is 0.339 e. The van der Waals surface area contributed by atoms with Crippen LogP contribution >= 0.6 is 0 Å². The highest BCUT2D eigenvalue weighted by molar-refractivity contribution is 5.81. The molecule has 0 aliphatic carbocycles. The standard InChI is InChI=1S/C15H34N6O/c1-13(2)14(16)15(22)21-11-9-19-7-5-17-3-4-18-6-8-20-10-12-21/h13-14,17-20H,3-12,16H2,1-2H3/t14-/m0/s1. The van der Waals surface area contributed by atoms with E-state index >= 15 is 0 Å². The molecular formula is C15H34N6O. The van der Waals surface area contributed by atoms with Crippen molar-refractivity contribution in [2.24, 2.45) is 11.7 Å². The fourth-order valence-electron chi connectivity index (χ4n) is 2.29. The molecule has 0 aromatic carbocycles. The quantitative estimate of drug-likeness (QED) is 0.412. The molecule has 0 aromatic heterocycles. The van der Waals surface area contributed by atoms with Crippen LogP contribution in [0.2, 0.25) is 0 Å². The minimum Gasteiger partial charge on any atom is -0.339 e. The molecule has 1 saturated heterocycles. The fourth-order valence-corrected chi connectivity index (χ4v) is 2.29. The summed E-state index contributed by atoms with van der Waals surface area (Å²) in [7, 11) is 0. The fraction of sp³-hybridized carbons (Fsp3) is 0.933. The van der Waals surface area contributed by atoms with Gasteiger partial charge in [0.15, 0.2) is 0 Å². The zero-order chi connectivity index (χ0) is 16.2. The molecular weight excluding hydrogens is 280 g/mol. The van der Waals surface area contributed by atoms with Crippen LogP contribution in [0.25, 0.3) is 0 Å². The van der Waals surface area contributed by atoms with Crippen molar-refractivity contribution in [2.75, 3.05) is 65.4 Å². The maximum absolute atomic E-state index is 12.5. The Hall–Kier alpha value is -0.730. The van der Waals surface area contributed by atoms with Crippen molar-refractivity contribution in [3.63, 3.8) is 0 Å². The average molecular weight is 314 g/mol. The minimum absolute atomic E-state index is 0.0548. The Labute approximate surface area is 134 Å². The Morgan fingerprint density at radius 3 is 1.55 bits per heavy atom. The Bertz CT molecular complexity index is 284. The molecule has 1 aliphatic rings. The van der Waals surface area contributed by atoms with Crippen LogP contribution < -0.4 is 27.0 Å². The van der Waals surface area contributed by atoms with E-state index in [2.05, 4.69) is 21.3 Å². The van der Waals surface area contributed by atoms with E-state index in [4.69, 9.17) is 5.73 Å². The maximum atomic E-state index is 12.5. The molecule has 1 fully saturated rings. The molecule has 6 N–H and O–H groups in total. The molecule has 7 heteroatoms. The summed E-state index contributed by atoms with van der Waals surface area (Å²) in [5, 5.41) is 13.5. The molecule has 0 saturated carbocycles. The molecule has 0 bridgehead atoms. The van der Waals surface area contributed by atoms with Gasteiger partial charge in [-0.1, -0.05) is 13.8 Å². The van der Waals surface area contributed by atoms with Crippen LogP contribution in [0, 0.1) is 5.92 Å². The minimum atomic E-state index is -0.412. The summed E-state index contributed by atoms with van der Waals surface area (Å²) in [5.74, 6) is 0.220. The van der Waals surface area contributed by atoms with Crippen molar-refractivity contribution in [1.29, 1.82) is 0 Å². The van der Waals surface area contributed by atoms with Crippen molar-refractivity contribution in [3.05, 3.63) is 0 Å². The summed E-state index contributed by atoms with van der Waals surface area (Å²) in [4.78, 5) is 14.3. The third-order valence-corrected chi connectivity index (χ3v) is 3.87. The van der Waals surface area contributed by atoms with E-state index in [0.717, 1.165) is 52.4 Å². The molecule has 1 heterocycles. The maximum Gasteiger partial charge on any atom is 0.239 e. The zero-order valence-corrected chi connectivity index (χ0v) is 14.2. The third kappa shape index (κ3) is 8.05. The highest BCUT2D eigenvalue weighted by atomic mass is 16.2. The number of hydrogen-bond acceptors (Lipinski definition) is 6. The summed E-state index contributed by atoms with van der Waals surface area (Å²) in [6, 6.07) is -0.412. The second-order valence-electron chi connectivity index (χ2n) is 6.10. The average Bonchev–Trinajstić information content (AvgIpc) is 2.51. The zero-order valence-electron chi connectivity index (χ0n) is 14.2. The van der Waals surface area contributed by atoms with Crippen LogP contribution in [-0.2, 0) is 4.79 Å². The first kappa shape index (κ1) is 19.3. The summed E-state index contributed by atoms with van der Waals surface area (Å²) in [6.45, 7) is 12.7. The first-order valence-electron chi connectivity index (χ1n) is 8.50. The molecule has 1 amide bonds. The van der Waals surface area contributed by atoms with Crippen LogP contribution in [0.4, 0.5) is 0 Å². The number of nitrogens with zero attached hydrogens (tertiary/aromatic N) is 1. The van der Waals surface area contributed by atoms with Gasteiger partial charge < -0.3 is 31.9 Å². The second kappa shape index (κ2) is 11.8. The van der Waals surface area contributed by atoms with E-state index in [1.807, 2.05) is 18.7 Å². The number of carbonyl (C=O) groups excluding carboxylic acids is 1. The van der Waals surface area contributed by atoms with E-state index in [9.17, 15) is 4.79 Å². The monoisotopic (exact) mass is 314 g/mol. The molecule has 0 radical (unpaired) electrons. The highest BCUT2D eigenvalue weighted by Crippen LogP contribution is 2.03. The molecule has 0 aromatic rings. The Kier molecular flexibility index (Phi) is 10.3. The number of carbonyl (C=O) groups is 1. The van der Waals surface area contributed by atoms with Crippen molar-refractivity contribution in [3.8, 4) is 0 Å². The van der Waals surface area contributed by atoms with Gasteiger partial charge in [0.2, 0.25) is 5.91 Å². The second-order valence-corrected chi connectivity index (χ2v) is 6.10. The lowest BCUT2D eigenvalue weighted by atomic mass is 10.0. The van der Waals surface area contributed by atoms with Crippen molar-refractivity contribution in [1.82, 2.24) is 26.2 Å². The molecule has 0 unspecified atom stereocenters.